The molecular formula is C22H23FN4O. The Morgan fingerprint density at radius 2 is 1.75 bits per heavy atom. The molecule has 2 aromatic carbocycles. The highest BCUT2D eigenvalue weighted by Crippen LogP contribution is 2.22. The van der Waals surface area contributed by atoms with Crippen LogP contribution in [0.5, 0.6) is 0 Å². The second-order valence-corrected chi connectivity index (χ2v) is 6.78. The molecule has 0 aliphatic carbocycles. The highest BCUT2D eigenvalue weighted by molar-refractivity contribution is 6.03. The molecule has 0 radical (unpaired) electrons. The fourth-order valence-corrected chi connectivity index (χ4v) is 3.12. The van der Waals surface area contributed by atoms with Gasteiger partial charge in [0.25, 0.3) is 5.91 Å². The van der Waals surface area contributed by atoms with E-state index < -0.39 is 0 Å². The van der Waals surface area contributed by atoms with E-state index in [1.807, 2.05) is 39.0 Å². The van der Waals surface area contributed by atoms with E-state index in [4.69, 9.17) is 0 Å². The lowest BCUT2D eigenvalue weighted by atomic mass is 10.1. The minimum atomic E-state index is -0.305. The van der Waals surface area contributed by atoms with Crippen LogP contribution in [0, 0.1) is 26.6 Å². The van der Waals surface area contributed by atoms with Gasteiger partial charge in [0.2, 0.25) is 0 Å². The van der Waals surface area contributed by atoms with Gasteiger partial charge in [0.05, 0.1) is 12.4 Å². The molecule has 3 aromatic rings. The highest BCUT2D eigenvalue weighted by atomic mass is 19.1. The van der Waals surface area contributed by atoms with Gasteiger partial charge in [-0.1, -0.05) is 35.9 Å². The summed E-state index contributed by atoms with van der Waals surface area (Å²) in [5.74, 6) is 0.0140. The minimum Gasteiger partial charge on any atom is -0.368 e. The molecule has 1 amide bonds. The predicted octanol–water partition coefficient (Wildman–Crippen LogP) is 4.45. The van der Waals surface area contributed by atoms with Crippen LogP contribution >= 0.6 is 0 Å². The Balaban J connectivity index is 1.59. The van der Waals surface area contributed by atoms with Crippen molar-refractivity contribution in [2.75, 3.05) is 17.2 Å². The van der Waals surface area contributed by atoms with Crippen LogP contribution in [0.3, 0.4) is 0 Å². The molecule has 5 nitrogen and oxygen atoms in total. The highest BCUT2D eigenvalue weighted by Gasteiger charge is 2.12. The number of nitrogens with zero attached hydrogens (tertiary/aromatic N) is 2. The Morgan fingerprint density at radius 3 is 2.39 bits per heavy atom. The Bertz CT molecular complexity index is 963. The summed E-state index contributed by atoms with van der Waals surface area (Å²) in [4.78, 5) is 20.9. The first-order valence-electron chi connectivity index (χ1n) is 9.12. The van der Waals surface area contributed by atoms with E-state index in [0.717, 1.165) is 22.4 Å². The van der Waals surface area contributed by atoms with Crippen LogP contribution < -0.4 is 10.6 Å². The third-order valence-electron chi connectivity index (χ3n) is 4.46. The number of carbonyl (C=O) groups excluding carboxylic acids is 1. The maximum absolute atomic E-state index is 13.6. The lowest BCUT2D eigenvalue weighted by molar-refractivity contribution is 0.102. The molecule has 0 unspecified atom stereocenters. The normalized spacial score (nSPS) is 10.6. The van der Waals surface area contributed by atoms with Crippen molar-refractivity contribution >= 4 is 17.4 Å². The SMILES string of the molecule is Cc1cc(C)c(NC(=O)c2cnc(NCCc3ccccc3F)cn2)c(C)c1. The van der Waals surface area contributed by atoms with Crippen LogP contribution in [-0.2, 0) is 6.42 Å². The standard InChI is InChI=1S/C22H23FN4O/c1-14-10-15(2)21(16(3)11-14)27-22(28)19-12-26-20(13-25-19)24-9-8-17-6-4-5-7-18(17)23/h4-7,10-13H,8-9H2,1-3H3,(H,24,26)(H,27,28). The van der Waals surface area contributed by atoms with Gasteiger partial charge in [0.15, 0.2) is 0 Å². The van der Waals surface area contributed by atoms with Gasteiger partial charge in [-0.3, -0.25) is 4.79 Å². The Kier molecular flexibility index (Phi) is 5.99. The number of hydrogen-bond donors (Lipinski definition) is 2. The number of halogens is 1. The third kappa shape index (κ3) is 4.71. The average molecular weight is 378 g/mol. The predicted molar refractivity (Wildman–Crippen MR) is 109 cm³/mol. The Labute approximate surface area is 164 Å². The van der Waals surface area contributed by atoms with Crippen molar-refractivity contribution in [1.82, 2.24) is 9.97 Å². The lowest BCUT2D eigenvalue weighted by Gasteiger charge is -2.12. The molecule has 144 valence electrons. The third-order valence-corrected chi connectivity index (χ3v) is 4.46. The second kappa shape index (κ2) is 8.61. The maximum atomic E-state index is 13.6. The molecule has 0 fully saturated rings. The second-order valence-electron chi connectivity index (χ2n) is 6.78. The lowest BCUT2D eigenvalue weighted by Crippen LogP contribution is -2.16. The number of amides is 1. The molecule has 28 heavy (non-hydrogen) atoms. The van der Waals surface area contributed by atoms with E-state index >= 15 is 0 Å². The smallest absolute Gasteiger partial charge is 0.275 e. The molecule has 0 saturated carbocycles. The zero-order chi connectivity index (χ0) is 20.1. The van der Waals surface area contributed by atoms with Gasteiger partial charge >= 0.3 is 0 Å². The topological polar surface area (TPSA) is 66.9 Å². The number of aryl methyl sites for hydroxylation is 3. The van der Waals surface area contributed by atoms with Crippen LogP contribution in [-0.4, -0.2) is 22.4 Å². The summed E-state index contributed by atoms with van der Waals surface area (Å²) in [6, 6.07) is 10.7. The van der Waals surface area contributed by atoms with Crippen molar-refractivity contribution in [3.8, 4) is 0 Å². The van der Waals surface area contributed by atoms with Crippen molar-refractivity contribution in [2.24, 2.45) is 0 Å². The summed E-state index contributed by atoms with van der Waals surface area (Å²) in [6.45, 7) is 6.46. The molecule has 1 heterocycles. The molecule has 0 saturated heterocycles. The van der Waals surface area contributed by atoms with Crippen LogP contribution in [0.25, 0.3) is 0 Å². The molecular weight excluding hydrogens is 355 g/mol. The van der Waals surface area contributed by atoms with Crippen LogP contribution in [0.15, 0.2) is 48.8 Å². The van der Waals surface area contributed by atoms with Gasteiger partial charge < -0.3 is 10.6 Å². The Hall–Kier alpha value is -3.28. The molecule has 2 N–H and O–H groups in total. The number of benzene rings is 2. The largest absolute Gasteiger partial charge is 0.368 e. The molecule has 0 aliphatic rings. The quantitative estimate of drug-likeness (QED) is 0.665. The average Bonchev–Trinajstić information content (AvgIpc) is 2.66. The monoisotopic (exact) mass is 378 g/mol. The number of nitrogens with one attached hydrogen (secondary N) is 2. The first-order valence-corrected chi connectivity index (χ1v) is 9.12. The van der Waals surface area contributed by atoms with Gasteiger partial charge in [-0.25, -0.2) is 14.4 Å². The van der Waals surface area contributed by atoms with Gasteiger partial charge in [-0.15, -0.1) is 0 Å². The van der Waals surface area contributed by atoms with Gasteiger partial charge in [-0.05, 0) is 49.9 Å². The molecule has 1 aromatic heterocycles. The number of rotatable bonds is 6. The Morgan fingerprint density at radius 1 is 1.04 bits per heavy atom. The van der Waals surface area contributed by atoms with Crippen LogP contribution in [0.2, 0.25) is 0 Å². The van der Waals surface area contributed by atoms with E-state index in [0.29, 0.717) is 24.3 Å². The zero-order valence-corrected chi connectivity index (χ0v) is 16.2. The van der Waals surface area contributed by atoms with Crippen molar-refractivity contribution < 1.29 is 9.18 Å². The summed E-state index contributed by atoms with van der Waals surface area (Å²) in [5.41, 5.74) is 4.83. The van der Waals surface area contributed by atoms with Crippen LogP contribution in [0.4, 0.5) is 15.9 Å². The summed E-state index contributed by atoms with van der Waals surface area (Å²) < 4.78 is 13.6. The van der Waals surface area contributed by atoms with Gasteiger partial charge in [-0.2, -0.15) is 0 Å². The van der Waals surface area contributed by atoms with E-state index in [-0.39, 0.29) is 17.4 Å². The molecule has 0 aliphatic heterocycles. The number of anilines is 2. The van der Waals surface area contributed by atoms with Gasteiger partial charge in [0.1, 0.15) is 17.3 Å². The van der Waals surface area contributed by atoms with Crippen molar-refractivity contribution in [1.29, 1.82) is 0 Å². The number of aromatic nitrogens is 2. The molecule has 0 spiro atoms. The van der Waals surface area contributed by atoms with E-state index in [9.17, 15) is 9.18 Å². The zero-order valence-electron chi connectivity index (χ0n) is 16.2. The van der Waals surface area contributed by atoms with Crippen molar-refractivity contribution in [3.05, 3.63) is 82.6 Å². The minimum absolute atomic E-state index is 0.218. The van der Waals surface area contributed by atoms with Crippen molar-refractivity contribution in [3.63, 3.8) is 0 Å². The number of hydrogen-bond acceptors (Lipinski definition) is 4. The van der Waals surface area contributed by atoms with Crippen molar-refractivity contribution in [2.45, 2.75) is 27.2 Å². The fourth-order valence-electron chi connectivity index (χ4n) is 3.12. The summed E-state index contributed by atoms with van der Waals surface area (Å²) in [7, 11) is 0. The fraction of sp³-hybridized carbons (Fsp3) is 0.227. The van der Waals surface area contributed by atoms with E-state index in [1.54, 1.807) is 12.1 Å². The summed E-state index contributed by atoms with van der Waals surface area (Å²) in [5, 5.41) is 6.00. The molecule has 0 atom stereocenters. The summed E-state index contributed by atoms with van der Waals surface area (Å²) in [6.07, 6.45) is 3.47. The summed E-state index contributed by atoms with van der Waals surface area (Å²) >= 11 is 0. The molecule has 3 rings (SSSR count). The van der Waals surface area contributed by atoms with E-state index in [1.165, 1.54) is 18.5 Å². The molecule has 6 heteroatoms. The molecule has 0 bridgehead atoms. The van der Waals surface area contributed by atoms with Gasteiger partial charge in [0, 0.05) is 12.2 Å². The maximum Gasteiger partial charge on any atom is 0.275 e. The van der Waals surface area contributed by atoms with E-state index in [2.05, 4.69) is 20.6 Å². The first kappa shape index (κ1) is 19.5. The van der Waals surface area contributed by atoms with Crippen LogP contribution in [0.1, 0.15) is 32.7 Å². The first-order chi connectivity index (χ1) is 13.4. The number of carbonyl (C=O) groups is 1.